The van der Waals surface area contributed by atoms with Gasteiger partial charge < -0.3 is 25.5 Å². The number of allylic oxidation sites excluding steroid dienone is 2. The first-order valence-corrected chi connectivity index (χ1v) is 16.0. The molecule has 3 atom stereocenters. The highest BCUT2D eigenvalue weighted by atomic mass is 32.2. The molecular weight excluding hydrogens is 580 g/mol. The number of hydrogen-bond donors (Lipinski definition) is 5. The van der Waals surface area contributed by atoms with Crippen LogP contribution in [0.4, 0.5) is 0 Å². The van der Waals surface area contributed by atoms with Crippen molar-refractivity contribution in [3.8, 4) is 0 Å². The Kier molecular flexibility index (Phi) is 8.88. The number of nitrogens with zero attached hydrogens (tertiary/aromatic N) is 1. The number of amides is 2. The van der Waals surface area contributed by atoms with E-state index in [9.17, 15) is 29.4 Å². The van der Waals surface area contributed by atoms with Crippen molar-refractivity contribution < 1.29 is 29.4 Å². The van der Waals surface area contributed by atoms with E-state index >= 15 is 0 Å². The lowest BCUT2D eigenvalue weighted by molar-refractivity contribution is -0.138. The maximum absolute atomic E-state index is 12.5. The minimum absolute atomic E-state index is 0.00858. The second-order valence-electron chi connectivity index (χ2n) is 11.7. The predicted molar refractivity (Wildman–Crippen MR) is 171 cm³/mol. The first-order chi connectivity index (χ1) is 20.9. The van der Waals surface area contributed by atoms with Crippen LogP contribution in [0.1, 0.15) is 73.7 Å². The van der Waals surface area contributed by atoms with Gasteiger partial charge in [0, 0.05) is 69.0 Å². The van der Waals surface area contributed by atoms with Crippen molar-refractivity contribution in [1.82, 2.24) is 15.3 Å². The van der Waals surface area contributed by atoms with Gasteiger partial charge in [-0.25, -0.2) is 4.99 Å². The molecule has 232 valence electrons. The molecule has 0 spiro atoms. The number of aliphatic carboxylic acids is 2. The van der Waals surface area contributed by atoms with E-state index < -0.39 is 11.9 Å². The predicted octanol–water partition coefficient (Wildman–Crippen LogP) is 3.15. The number of nitrogens with one attached hydrogen (secondary N) is 3. The van der Waals surface area contributed by atoms with E-state index in [0.29, 0.717) is 40.4 Å². The summed E-state index contributed by atoms with van der Waals surface area (Å²) in [5.74, 6) is -1.04. The molecule has 5 rings (SSSR count). The van der Waals surface area contributed by atoms with E-state index in [2.05, 4.69) is 20.3 Å². The summed E-state index contributed by atoms with van der Waals surface area (Å²) >= 11 is 1.84. The van der Waals surface area contributed by atoms with Crippen molar-refractivity contribution in [2.45, 2.75) is 72.0 Å². The van der Waals surface area contributed by atoms with Gasteiger partial charge in [-0.2, -0.15) is 11.8 Å². The number of aromatic nitrogens is 2. The molecule has 5 N–H and O–H groups in total. The van der Waals surface area contributed by atoms with Crippen LogP contribution in [0.3, 0.4) is 0 Å². The summed E-state index contributed by atoms with van der Waals surface area (Å²) in [5, 5.41) is 23.8. The highest BCUT2D eigenvalue weighted by molar-refractivity contribution is 8.06. The number of carboxylic acid groups (broad SMARTS) is 2. The number of hydrogen-bond acceptors (Lipinski definition) is 5. The molecule has 2 amide bonds. The maximum atomic E-state index is 12.5. The molecule has 0 aromatic carbocycles. The van der Waals surface area contributed by atoms with Crippen molar-refractivity contribution in [3.63, 3.8) is 0 Å². The lowest BCUT2D eigenvalue weighted by Crippen LogP contribution is -2.17. The molecule has 0 bridgehead atoms. The fourth-order valence-corrected chi connectivity index (χ4v) is 7.17. The summed E-state index contributed by atoms with van der Waals surface area (Å²) in [4.78, 5) is 59.1. The molecule has 2 fully saturated rings. The Morgan fingerprint density at radius 3 is 2.18 bits per heavy atom. The van der Waals surface area contributed by atoms with Crippen LogP contribution in [0, 0.1) is 25.7 Å². The zero-order chi connectivity index (χ0) is 31.9. The van der Waals surface area contributed by atoms with Crippen LogP contribution < -0.4 is 16.0 Å². The average molecular weight is 619 g/mol. The Hall–Kier alpha value is -4.12. The van der Waals surface area contributed by atoms with Gasteiger partial charge in [0.15, 0.2) is 0 Å². The van der Waals surface area contributed by atoms with Gasteiger partial charge in [0.05, 0.1) is 5.71 Å². The zero-order valence-corrected chi connectivity index (χ0v) is 26.4. The number of thioether (sulfide) groups is 1. The van der Waals surface area contributed by atoms with Crippen molar-refractivity contribution >= 4 is 59.5 Å². The molecule has 2 aromatic heterocycles. The average Bonchev–Trinajstić information content (AvgIpc) is 3.53. The van der Waals surface area contributed by atoms with E-state index in [0.717, 1.165) is 50.3 Å². The highest BCUT2D eigenvalue weighted by Crippen LogP contribution is 2.46. The first-order valence-electron chi connectivity index (χ1n) is 14.9. The van der Waals surface area contributed by atoms with Gasteiger partial charge in [-0.1, -0.05) is 13.8 Å². The van der Waals surface area contributed by atoms with Crippen LogP contribution in [0.25, 0.3) is 18.2 Å². The summed E-state index contributed by atoms with van der Waals surface area (Å²) in [5.41, 5.74) is 7.89. The summed E-state index contributed by atoms with van der Waals surface area (Å²) < 4.78 is 0. The van der Waals surface area contributed by atoms with Crippen LogP contribution in [-0.2, 0) is 32.0 Å². The van der Waals surface area contributed by atoms with Crippen molar-refractivity contribution in [2.75, 3.05) is 5.75 Å². The first kappa shape index (κ1) is 31.3. The third-order valence-electron chi connectivity index (χ3n) is 8.96. The molecule has 2 saturated heterocycles. The number of aliphatic imine (C=N–C) groups is 1. The fraction of sp³-hybridized carbons (Fsp3) is 0.424. The highest BCUT2D eigenvalue weighted by Gasteiger charge is 2.45. The van der Waals surface area contributed by atoms with E-state index in [1.54, 1.807) is 0 Å². The monoisotopic (exact) mass is 618 g/mol. The molecule has 5 heterocycles. The SMILES string of the molecule is CCC1=C(C)C(/C=c2/[nH]/c(=C\c3[nH]c(/C=C4\NC(=O)[C@H](C)[C@H]4[C@H]4CS4)c(C)c3CCC(=O)O)c(CCC(=O)O)c2C)=NC1=O. The molecule has 0 saturated carbocycles. The number of aromatic amines is 2. The summed E-state index contributed by atoms with van der Waals surface area (Å²) in [6.45, 7) is 9.60. The van der Waals surface area contributed by atoms with Gasteiger partial charge in [-0.3, -0.25) is 19.2 Å². The van der Waals surface area contributed by atoms with E-state index in [1.807, 2.05) is 64.6 Å². The largest absolute Gasteiger partial charge is 0.481 e. The molecule has 3 aliphatic rings. The van der Waals surface area contributed by atoms with Gasteiger partial charge >= 0.3 is 11.9 Å². The van der Waals surface area contributed by atoms with Crippen molar-refractivity contribution in [1.29, 1.82) is 0 Å². The Balaban J connectivity index is 1.64. The van der Waals surface area contributed by atoms with E-state index in [4.69, 9.17) is 0 Å². The minimum atomic E-state index is -0.915. The maximum Gasteiger partial charge on any atom is 0.303 e. The topological polar surface area (TPSA) is 165 Å². The van der Waals surface area contributed by atoms with Gasteiger partial charge in [0.2, 0.25) is 5.91 Å². The van der Waals surface area contributed by atoms with Crippen LogP contribution >= 0.6 is 11.8 Å². The Morgan fingerprint density at radius 2 is 1.59 bits per heavy atom. The third kappa shape index (κ3) is 6.24. The molecule has 0 radical (unpaired) electrons. The number of carboxylic acids is 2. The van der Waals surface area contributed by atoms with Crippen LogP contribution in [-0.4, -0.2) is 60.6 Å². The molecule has 0 unspecified atom stereocenters. The van der Waals surface area contributed by atoms with Crippen LogP contribution in [0.15, 0.2) is 21.8 Å². The quantitative estimate of drug-likeness (QED) is 0.241. The molecule has 3 aliphatic heterocycles. The summed E-state index contributed by atoms with van der Waals surface area (Å²) in [6.07, 6.45) is 6.74. The zero-order valence-electron chi connectivity index (χ0n) is 25.6. The number of rotatable bonds is 11. The van der Waals surface area contributed by atoms with Crippen LogP contribution in [0.2, 0.25) is 0 Å². The minimum Gasteiger partial charge on any atom is -0.481 e. The third-order valence-corrected chi connectivity index (χ3v) is 9.97. The lowest BCUT2D eigenvalue weighted by Gasteiger charge is -2.12. The van der Waals surface area contributed by atoms with Crippen molar-refractivity contribution in [2.24, 2.45) is 16.8 Å². The normalized spacial score (nSPS) is 23.2. The molecular formula is C33H38N4O6S. The second kappa shape index (κ2) is 12.5. The van der Waals surface area contributed by atoms with Gasteiger partial charge in [-0.05, 0) is 86.1 Å². The fourth-order valence-electron chi connectivity index (χ4n) is 6.26. The Labute approximate surface area is 259 Å². The lowest BCUT2D eigenvalue weighted by atomic mass is 9.91. The standard InChI is InChI=1S/C33H38N4O6S/c1-6-19-15(2)24(36-33(19)43)11-22-16(3)20(7-9-29(38)39)25(34-22)13-26-21(8-10-30(40)41)17(4)23(35-26)12-27-31(28-14-44-28)18(5)32(42)37-27/h11-13,18,28,31,34-35H,6-10,14H2,1-5H3,(H,37,42)(H,38,39)(H,40,41)/b22-11+,25-13-,27-12-/t18-,28-,31-/m1/s1. The number of carbonyl (C=O) groups is 4. The van der Waals surface area contributed by atoms with Crippen molar-refractivity contribution in [3.05, 3.63) is 61.2 Å². The van der Waals surface area contributed by atoms with E-state index in [1.165, 1.54) is 0 Å². The van der Waals surface area contributed by atoms with Gasteiger partial charge in [0.1, 0.15) is 0 Å². The molecule has 0 aliphatic carbocycles. The van der Waals surface area contributed by atoms with Gasteiger partial charge in [-0.15, -0.1) is 0 Å². The molecule has 11 heteroatoms. The number of carbonyl (C=O) groups excluding carboxylic acids is 2. The second-order valence-corrected chi connectivity index (χ2v) is 13.0. The number of H-pyrrole nitrogens is 2. The molecule has 44 heavy (non-hydrogen) atoms. The van der Waals surface area contributed by atoms with E-state index in [-0.39, 0.29) is 42.9 Å². The Morgan fingerprint density at radius 1 is 0.932 bits per heavy atom. The smallest absolute Gasteiger partial charge is 0.303 e. The van der Waals surface area contributed by atoms with Crippen LogP contribution in [0.5, 0.6) is 0 Å². The van der Waals surface area contributed by atoms with Gasteiger partial charge in [0.25, 0.3) is 5.91 Å². The Bertz CT molecular complexity index is 1790. The summed E-state index contributed by atoms with van der Waals surface area (Å²) in [6, 6.07) is 0. The molecule has 10 nitrogen and oxygen atoms in total. The summed E-state index contributed by atoms with van der Waals surface area (Å²) in [7, 11) is 0. The molecule has 2 aromatic rings.